The number of primary amides is 1. The number of pyridine rings is 1. The Labute approximate surface area is 174 Å². The molecule has 1 aliphatic rings. The molecule has 0 spiro atoms. The monoisotopic (exact) mass is 436 g/mol. The maximum absolute atomic E-state index is 13.0. The molecule has 1 aromatic heterocycles. The van der Waals surface area contributed by atoms with Crippen molar-refractivity contribution in [2.75, 3.05) is 17.8 Å². The minimum atomic E-state index is -4.04. The molecule has 1 saturated heterocycles. The Kier molecular flexibility index (Phi) is 6.09. The summed E-state index contributed by atoms with van der Waals surface area (Å²) in [6, 6.07) is 9.25. The molecule has 2 aromatic rings. The molecule has 154 valence electrons. The van der Waals surface area contributed by atoms with E-state index in [0.717, 1.165) is 0 Å². The second-order valence-corrected chi connectivity index (χ2v) is 8.87. The topological polar surface area (TPSA) is 122 Å². The minimum absolute atomic E-state index is 0.144. The van der Waals surface area contributed by atoms with Gasteiger partial charge >= 0.3 is 0 Å². The summed E-state index contributed by atoms with van der Waals surface area (Å²) in [7, 11) is -4.04. The Morgan fingerprint density at radius 2 is 1.83 bits per heavy atom. The summed E-state index contributed by atoms with van der Waals surface area (Å²) in [6.45, 7) is 2.45. The van der Waals surface area contributed by atoms with E-state index in [1.165, 1.54) is 12.1 Å². The molecule has 3 rings (SSSR count). The van der Waals surface area contributed by atoms with Gasteiger partial charge in [-0.05, 0) is 44.0 Å². The number of carbonyl (C=O) groups is 2. The third-order valence-electron chi connectivity index (χ3n) is 4.83. The maximum atomic E-state index is 13.0. The van der Waals surface area contributed by atoms with E-state index < -0.39 is 10.0 Å². The zero-order valence-corrected chi connectivity index (χ0v) is 17.3. The highest BCUT2D eigenvalue weighted by molar-refractivity contribution is 7.92. The summed E-state index contributed by atoms with van der Waals surface area (Å²) in [5.41, 5.74) is 6.28. The average molecular weight is 437 g/mol. The Balaban J connectivity index is 1.84. The first-order valence-corrected chi connectivity index (χ1v) is 10.9. The standard InChI is InChI=1S/C19H21ClN4O4S/c1-12-6-7-16(17(20)22-12)29(27,28)23-15-5-3-2-4-14(15)19(26)24-10-8-13(9-11-24)18(21)25/h2-7,13,23H,8-11H2,1H3,(H2,21,25). The summed E-state index contributed by atoms with van der Waals surface area (Å²) in [5, 5.41) is -0.144. The number of amides is 2. The van der Waals surface area contributed by atoms with Crippen molar-refractivity contribution in [2.24, 2.45) is 11.7 Å². The molecule has 3 N–H and O–H groups in total. The number of rotatable bonds is 5. The molecule has 2 amide bonds. The van der Waals surface area contributed by atoms with Gasteiger partial charge in [-0.3, -0.25) is 14.3 Å². The van der Waals surface area contributed by atoms with Crippen molar-refractivity contribution >= 4 is 39.1 Å². The predicted octanol–water partition coefficient (Wildman–Crippen LogP) is 2.18. The molecule has 0 unspecified atom stereocenters. The van der Waals surface area contributed by atoms with Crippen LogP contribution in [0.5, 0.6) is 0 Å². The third-order valence-corrected chi connectivity index (χ3v) is 6.63. The number of hydrogen-bond donors (Lipinski definition) is 2. The number of nitrogens with zero attached hydrogens (tertiary/aromatic N) is 2. The summed E-state index contributed by atoms with van der Waals surface area (Å²) in [6.07, 6.45) is 0.971. The van der Waals surface area contributed by atoms with Crippen molar-refractivity contribution in [1.29, 1.82) is 0 Å². The summed E-state index contributed by atoms with van der Waals surface area (Å²) < 4.78 is 28.0. The Hall–Kier alpha value is -2.65. The normalized spacial score (nSPS) is 15.2. The SMILES string of the molecule is Cc1ccc(S(=O)(=O)Nc2ccccc2C(=O)N2CCC(C(N)=O)CC2)c(Cl)n1. The van der Waals surface area contributed by atoms with Crippen molar-refractivity contribution in [2.45, 2.75) is 24.7 Å². The Bertz CT molecular complexity index is 1050. The molecule has 2 heterocycles. The molecule has 1 aromatic carbocycles. The molecule has 0 aliphatic carbocycles. The van der Waals surface area contributed by atoms with E-state index in [9.17, 15) is 18.0 Å². The van der Waals surface area contributed by atoms with Crippen LogP contribution in [-0.2, 0) is 14.8 Å². The second-order valence-electron chi connectivity index (χ2n) is 6.86. The number of carbonyl (C=O) groups excluding carboxylic acids is 2. The highest BCUT2D eigenvalue weighted by atomic mass is 35.5. The van der Waals surface area contributed by atoms with Gasteiger partial charge in [0.25, 0.3) is 15.9 Å². The molecule has 1 aliphatic heterocycles. The van der Waals surface area contributed by atoms with E-state index in [1.54, 1.807) is 36.1 Å². The number of nitrogens with two attached hydrogens (primary N) is 1. The first-order chi connectivity index (χ1) is 13.7. The smallest absolute Gasteiger partial charge is 0.264 e. The van der Waals surface area contributed by atoms with Gasteiger partial charge < -0.3 is 10.6 Å². The molecular weight excluding hydrogens is 416 g/mol. The van der Waals surface area contributed by atoms with Crippen LogP contribution in [0.25, 0.3) is 0 Å². The number of aryl methyl sites for hydroxylation is 1. The molecule has 10 heteroatoms. The number of nitrogens with one attached hydrogen (secondary N) is 1. The molecule has 0 saturated carbocycles. The highest BCUT2D eigenvalue weighted by Crippen LogP contribution is 2.26. The van der Waals surface area contributed by atoms with E-state index in [4.69, 9.17) is 17.3 Å². The van der Waals surface area contributed by atoms with Gasteiger partial charge in [0.2, 0.25) is 5.91 Å². The van der Waals surface area contributed by atoms with Crippen molar-refractivity contribution in [3.05, 3.63) is 52.8 Å². The van der Waals surface area contributed by atoms with Gasteiger partial charge in [-0.2, -0.15) is 0 Å². The van der Waals surface area contributed by atoms with Crippen LogP contribution >= 0.6 is 11.6 Å². The number of para-hydroxylation sites is 1. The van der Waals surface area contributed by atoms with Gasteiger partial charge in [0.1, 0.15) is 10.0 Å². The number of anilines is 1. The van der Waals surface area contributed by atoms with E-state index in [0.29, 0.717) is 31.6 Å². The molecule has 1 fully saturated rings. The van der Waals surface area contributed by atoms with Crippen LogP contribution in [0, 0.1) is 12.8 Å². The Morgan fingerprint density at radius 1 is 1.17 bits per heavy atom. The largest absolute Gasteiger partial charge is 0.369 e. The molecule has 0 radical (unpaired) electrons. The van der Waals surface area contributed by atoms with Crippen LogP contribution in [0.3, 0.4) is 0 Å². The van der Waals surface area contributed by atoms with Crippen molar-refractivity contribution in [3.8, 4) is 0 Å². The van der Waals surface area contributed by atoms with Gasteiger partial charge in [0, 0.05) is 24.7 Å². The first kappa shape index (κ1) is 21.1. The van der Waals surface area contributed by atoms with Crippen LogP contribution in [0.4, 0.5) is 5.69 Å². The van der Waals surface area contributed by atoms with Gasteiger partial charge in [-0.1, -0.05) is 23.7 Å². The number of hydrogen-bond acceptors (Lipinski definition) is 5. The van der Waals surface area contributed by atoms with E-state index >= 15 is 0 Å². The van der Waals surface area contributed by atoms with Crippen molar-refractivity contribution in [1.82, 2.24) is 9.88 Å². The average Bonchev–Trinajstić information content (AvgIpc) is 2.67. The van der Waals surface area contributed by atoms with E-state index in [2.05, 4.69) is 9.71 Å². The van der Waals surface area contributed by atoms with Gasteiger partial charge in [0.15, 0.2) is 0 Å². The van der Waals surface area contributed by atoms with Crippen LogP contribution in [0.2, 0.25) is 5.15 Å². The van der Waals surface area contributed by atoms with Gasteiger partial charge in [-0.25, -0.2) is 13.4 Å². The summed E-state index contributed by atoms with van der Waals surface area (Å²) >= 11 is 6.00. The highest BCUT2D eigenvalue weighted by Gasteiger charge is 2.28. The van der Waals surface area contributed by atoms with Crippen LogP contribution in [-0.4, -0.2) is 43.2 Å². The maximum Gasteiger partial charge on any atom is 0.264 e. The second kappa shape index (κ2) is 8.38. The third kappa shape index (κ3) is 4.68. The van der Waals surface area contributed by atoms with E-state index in [-0.39, 0.29) is 39.0 Å². The number of halogens is 1. The molecular formula is C19H21ClN4O4S. The number of likely N-dealkylation sites (tertiary alicyclic amines) is 1. The molecule has 0 atom stereocenters. The summed E-state index contributed by atoms with van der Waals surface area (Å²) in [5.74, 6) is -0.933. The quantitative estimate of drug-likeness (QED) is 0.695. The lowest BCUT2D eigenvalue weighted by Crippen LogP contribution is -2.42. The lowest BCUT2D eigenvalue weighted by atomic mass is 9.96. The fourth-order valence-electron chi connectivity index (χ4n) is 3.21. The first-order valence-electron chi connectivity index (χ1n) is 9.02. The van der Waals surface area contributed by atoms with E-state index in [1.807, 2.05) is 0 Å². The van der Waals surface area contributed by atoms with Gasteiger partial charge in [-0.15, -0.1) is 0 Å². The van der Waals surface area contributed by atoms with Crippen LogP contribution in [0.15, 0.2) is 41.3 Å². The lowest BCUT2D eigenvalue weighted by Gasteiger charge is -2.31. The van der Waals surface area contributed by atoms with Gasteiger partial charge in [0.05, 0.1) is 11.3 Å². The number of sulfonamides is 1. The number of aromatic nitrogens is 1. The van der Waals surface area contributed by atoms with Crippen LogP contribution in [0.1, 0.15) is 28.9 Å². The van der Waals surface area contributed by atoms with Crippen LogP contribution < -0.4 is 10.5 Å². The molecule has 29 heavy (non-hydrogen) atoms. The summed E-state index contributed by atoms with van der Waals surface area (Å²) in [4.78, 5) is 29.7. The zero-order valence-electron chi connectivity index (χ0n) is 15.8. The van der Waals surface area contributed by atoms with Crippen molar-refractivity contribution < 1.29 is 18.0 Å². The minimum Gasteiger partial charge on any atom is -0.369 e. The number of piperidine rings is 1. The fourth-order valence-corrected chi connectivity index (χ4v) is 4.80. The number of benzene rings is 1. The Morgan fingerprint density at radius 3 is 2.45 bits per heavy atom. The molecule has 0 bridgehead atoms. The molecule has 8 nitrogen and oxygen atoms in total. The zero-order chi connectivity index (χ0) is 21.2. The predicted molar refractivity (Wildman–Crippen MR) is 109 cm³/mol. The van der Waals surface area contributed by atoms with Crippen molar-refractivity contribution in [3.63, 3.8) is 0 Å². The fraction of sp³-hybridized carbons (Fsp3) is 0.316. The lowest BCUT2D eigenvalue weighted by molar-refractivity contribution is -0.123.